The van der Waals surface area contributed by atoms with E-state index in [1.165, 1.54) is 12.8 Å². The topological polar surface area (TPSA) is 52.0 Å². The number of amides is 1. The minimum Gasteiger partial charge on any atom is -0.493 e. The zero-order chi connectivity index (χ0) is 25.1. The highest BCUT2D eigenvalue weighted by atomic mass is 35.5. The fourth-order valence-electron chi connectivity index (χ4n) is 3.61. The number of quaternary nitrogens is 1. The minimum atomic E-state index is -0.142. The zero-order valence-electron chi connectivity index (χ0n) is 20.8. The van der Waals surface area contributed by atoms with Crippen LogP contribution < -0.4 is 15.0 Å². The highest BCUT2D eigenvalue weighted by molar-refractivity contribution is 6.42. The Hall–Kier alpha value is -2.05. The third-order valence-corrected chi connectivity index (χ3v) is 6.37. The summed E-state index contributed by atoms with van der Waals surface area (Å²) in [5.41, 5.74) is 3.31. The van der Waals surface area contributed by atoms with E-state index in [1.54, 1.807) is 23.1 Å². The lowest BCUT2D eigenvalue weighted by atomic mass is 10.1. The lowest BCUT2D eigenvalue weighted by Crippen LogP contribution is -3.10. The van der Waals surface area contributed by atoms with Gasteiger partial charge in [-0.15, -0.1) is 0 Å². The van der Waals surface area contributed by atoms with Crippen LogP contribution in [0.1, 0.15) is 44.2 Å². The monoisotopic (exact) mass is 507 g/mol. The van der Waals surface area contributed by atoms with E-state index in [4.69, 9.17) is 32.7 Å². The van der Waals surface area contributed by atoms with Crippen LogP contribution in [0.2, 0.25) is 10.0 Å². The van der Waals surface area contributed by atoms with Gasteiger partial charge >= 0.3 is 0 Å². The van der Waals surface area contributed by atoms with Gasteiger partial charge in [-0.25, -0.2) is 0 Å². The molecule has 0 spiro atoms. The third kappa shape index (κ3) is 8.62. The van der Waals surface area contributed by atoms with Crippen molar-refractivity contribution in [1.82, 2.24) is 0 Å². The summed E-state index contributed by atoms with van der Waals surface area (Å²) in [5, 5.41) is 3.77. The van der Waals surface area contributed by atoms with Crippen molar-refractivity contribution in [2.24, 2.45) is 0 Å². The zero-order valence-corrected chi connectivity index (χ0v) is 22.4. The van der Waals surface area contributed by atoms with Gasteiger partial charge < -0.3 is 19.7 Å². The summed E-state index contributed by atoms with van der Waals surface area (Å²) in [5.74, 6) is 0.494. The summed E-state index contributed by atoms with van der Waals surface area (Å²) in [7, 11) is 4.44. The number of nitrogens with one attached hydrogen (secondary N) is 2. The van der Waals surface area contributed by atoms with Crippen molar-refractivity contribution in [1.29, 1.82) is 0 Å². The molecule has 34 heavy (non-hydrogen) atoms. The maximum atomic E-state index is 12.5. The number of rotatable bonds is 3. The highest BCUT2D eigenvalue weighted by Crippen LogP contribution is 2.34. The summed E-state index contributed by atoms with van der Waals surface area (Å²) in [6, 6.07) is 11.9. The summed E-state index contributed by atoms with van der Waals surface area (Å²) in [4.78, 5) is 14.0. The molecule has 2 aromatic rings. The van der Waals surface area contributed by atoms with Crippen molar-refractivity contribution < 1.29 is 19.2 Å². The molecule has 0 aromatic heterocycles. The molecule has 4 rings (SSSR count). The molecule has 2 aliphatic rings. The van der Waals surface area contributed by atoms with Gasteiger partial charge in [0, 0.05) is 42.2 Å². The van der Waals surface area contributed by atoms with Crippen LogP contribution in [0.4, 0.5) is 5.69 Å². The van der Waals surface area contributed by atoms with Gasteiger partial charge in [0.25, 0.3) is 5.91 Å². The Balaban J connectivity index is 0.000000311. The van der Waals surface area contributed by atoms with Gasteiger partial charge in [-0.3, -0.25) is 4.79 Å². The first kappa shape index (κ1) is 28.2. The molecule has 1 amide bonds. The average molecular weight is 509 g/mol. The highest BCUT2D eigenvalue weighted by Gasteiger charge is 2.18. The van der Waals surface area contributed by atoms with Crippen molar-refractivity contribution >= 4 is 40.9 Å². The molecule has 2 aliphatic heterocycles. The van der Waals surface area contributed by atoms with Crippen molar-refractivity contribution in [3.8, 4) is 5.75 Å². The number of hydrogen-bond acceptors (Lipinski definition) is 3. The largest absolute Gasteiger partial charge is 0.493 e. The molecule has 0 bridgehead atoms. The number of fused-ring (bicyclic) bond motifs is 1. The summed E-state index contributed by atoms with van der Waals surface area (Å²) in [6.45, 7) is 8.35. The van der Waals surface area contributed by atoms with Crippen molar-refractivity contribution in [2.45, 2.75) is 46.1 Å². The van der Waals surface area contributed by atoms with Crippen LogP contribution in [-0.4, -0.2) is 45.9 Å². The second-order valence-corrected chi connectivity index (χ2v) is 9.17. The van der Waals surface area contributed by atoms with E-state index in [0.717, 1.165) is 36.1 Å². The second kappa shape index (κ2) is 14.4. The molecule has 0 atom stereocenters. The Kier molecular flexibility index (Phi) is 11.9. The molecule has 2 N–H and O–H groups in total. The maximum Gasteiger partial charge on any atom is 0.251 e. The first-order chi connectivity index (χ1) is 16.3. The lowest BCUT2D eigenvalue weighted by molar-refractivity contribution is -0.887. The van der Waals surface area contributed by atoms with Crippen molar-refractivity contribution in [2.75, 3.05) is 39.2 Å². The quantitative estimate of drug-likeness (QED) is 0.581. The molecule has 0 aliphatic carbocycles. The van der Waals surface area contributed by atoms with Crippen LogP contribution in [0.15, 0.2) is 42.0 Å². The lowest BCUT2D eigenvalue weighted by Gasteiger charge is -2.24. The first-order valence-corrected chi connectivity index (χ1v) is 12.7. The van der Waals surface area contributed by atoms with Gasteiger partial charge in [0.1, 0.15) is 5.75 Å². The van der Waals surface area contributed by atoms with E-state index < -0.39 is 0 Å². The molecule has 7 heteroatoms. The SMILES string of the molecule is CC.C[NH+](C)C1CCOCC1.Cc1ccc(NC(=O)C2=Cc3cc(Cl)c(Cl)cc3OCC2)cc1. The van der Waals surface area contributed by atoms with Crippen LogP contribution in [-0.2, 0) is 9.53 Å². The Labute approximate surface area is 214 Å². The van der Waals surface area contributed by atoms with Crippen LogP contribution >= 0.6 is 23.2 Å². The first-order valence-electron chi connectivity index (χ1n) is 11.9. The number of hydrogen-bond donors (Lipinski definition) is 2. The summed E-state index contributed by atoms with van der Waals surface area (Å²) < 4.78 is 10.9. The molecule has 2 aromatic carbocycles. The normalized spacial score (nSPS) is 15.4. The minimum absolute atomic E-state index is 0.142. The Morgan fingerprint density at radius 3 is 2.21 bits per heavy atom. The van der Waals surface area contributed by atoms with Gasteiger partial charge in [-0.2, -0.15) is 0 Å². The van der Waals surface area contributed by atoms with Gasteiger partial charge in [0.2, 0.25) is 0 Å². The molecule has 186 valence electrons. The number of carbonyl (C=O) groups is 1. The van der Waals surface area contributed by atoms with Crippen LogP contribution in [0, 0.1) is 6.92 Å². The van der Waals surface area contributed by atoms with E-state index in [9.17, 15) is 4.79 Å². The number of aryl methyl sites for hydroxylation is 1. The van der Waals surface area contributed by atoms with Crippen molar-refractivity contribution in [3.05, 3.63) is 63.1 Å². The fraction of sp³-hybridized carbons (Fsp3) is 0.444. The molecule has 0 unspecified atom stereocenters. The molecule has 0 radical (unpaired) electrons. The molecular formula is C27H37Cl2N2O3+. The fourth-order valence-corrected chi connectivity index (χ4v) is 3.94. The standard InChI is InChI=1S/C18H15Cl2NO2.C7H15NO.C2H6/c1-11-2-4-14(5-3-11)21-18(22)12-6-7-23-17-10-16(20)15(19)9-13(17)8-12;1-8(2)7-3-5-9-6-4-7;1-2/h2-5,8-10H,6-7H2,1H3,(H,21,22);7H,3-6H2,1-2H3;1-2H3/p+1. The van der Waals surface area contributed by atoms with Gasteiger partial charge in [0.05, 0.1) is 50.0 Å². The van der Waals surface area contributed by atoms with Crippen LogP contribution in [0.5, 0.6) is 5.75 Å². The Morgan fingerprint density at radius 2 is 1.62 bits per heavy atom. The molecule has 0 saturated carbocycles. The molecule has 5 nitrogen and oxygen atoms in total. The summed E-state index contributed by atoms with van der Waals surface area (Å²) in [6.07, 6.45) is 4.79. The predicted molar refractivity (Wildman–Crippen MR) is 142 cm³/mol. The Morgan fingerprint density at radius 1 is 1.00 bits per heavy atom. The molecule has 2 heterocycles. The van der Waals surface area contributed by atoms with E-state index in [0.29, 0.717) is 34.4 Å². The number of carbonyl (C=O) groups excluding carboxylic acids is 1. The predicted octanol–water partition coefficient (Wildman–Crippen LogP) is 5.44. The number of ether oxygens (including phenoxy) is 2. The number of benzene rings is 2. The summed E-state index contributed by atoms with van der Waals surface area (Å²) >= 11 is 12.1. The smallest absolute Gasteiger partial charge is 0.251 e. The van der Waals surface area contributed by atoms with E-state index in [1.807, 2.05) is 45.0 Å². The van der Waals surface area contributed by atoms with Gasteiger partial charge in [-0.1, -0.05) is 54.7 Å². The van der Waals surface area contributed by atoms with Crippen molar-refractivity contribution in [3.63, 3.8) is 0 Å². The second-order valence-electron chi connectivity index (χ2n) is 8.36. The average Bonchev–Trinajstić information content (AvgIpc) is 3.05. The van der Waals surface area contributed by atoms with Gasteiger partial charge in [-0.05, 0) is 31.2 Å². The third-order valence-electron chi connectivity index (χ3n) is 5.65. The van der Waals surface area contributed by atoms with E-state index >= 15 is 0 Å². The van der Waals surface area contributed by atoms with Gasteiger partial charge in [0.15, 0.2) is 0 Å². The van der Waals surface area contributed by atoms with Crippen LogP contribution in [0.25, 0.3) is 6.08 Å². The molecule has 1 fully saturated rings. The van der Waals surface area contributed by atoms with E-state index in [-0.39, 0.29) is 5.91 Å². The van der Waals surface area contributed by atoms with Crippen LogP contribution in [0.3, 0.4) is 0 Å². The molecular weight excluding hydrogens is 471 g/mol. The van der Waals surface area contributed by atoms with E-state index in [2.05, 4.69) is 19.4 Å². The number of halogens is 2. The Bertz CT molecular complexity index is 953. The maximum absolute atomic E-state index is 12.5. The number of anilines is 1. The molecule has 1 saturated heterocycles.